The molecule has 4 rings (SSSR count). The molecule has 0 aromatic heterocycles. The monoisotopic (exact) mass is 420 g/mol. The zero-order valence-corrected chi connectivity index (χ0v) is 18.0. The Bertz CT molecular complexity index is 961. The molecule has 1 saturated heterocycles. The maximum Gasteiger partial charge on any atom is 0.240 e. The first-order valence-electron chi connectivity index (χ1n) is 10.7. The number of benzene rings is 2. The van der Waals surface area contributed by atoms with Gasteiger partial charge in [-0.25, -0.2) is 5.43 Å². The SMILES string of the molecule is COc1ccc(CC(=O)N2CCN(c3ccc(C4=NNC(=O)C[C@H]4C)cc3)CC2)cc1. The molecule has 31 heavy (non-hydrogen) atoms. The van der Waals surface area contributed by atoms with E-state index in [9.17, 15) is 9.59 Å². The van der Waals surface area contributed by atoms with E-state index in [1.54, 1.807) is 7.11 Å². The van der Waals surface area contributed by atoms with Gasteiger partial charge in [0, 0.05) is 44.2 Å². The van der Waals surface area contributed by atoms with E-state index in [2.05, 4.69) is 39.7 Å². The van der Waals surface area contributed by atoms with Crippen molar-refractivity contribution in [3.63, 3.8) is 0 Å². The van der Waals surface area contributed by atoms with Crippen molar-refractivity contribution < 1.29 is 14.3 Å². The van der Waals surface area contributed by atoms with Gasteiger partial charge in [-0.15, -0.1) is 0 Å². The first-order valence-corrected chi connectivity index (χ1v) is 10.7. The molecule has 0 unspecified atom stereocenters. The van der Waals surface area contributed by atoms with Crippen LogP contribution >= 0.6 is 0 Å². The van der Waals surface area contributed by atoms with Gasteiger partial charge < -0.3 is 14.5 Å². The fraction of sp³-hybridized carbons (Fsp3) is 0.375. The van der Waals surface area contributed by atoms with Gasteiger partial charge >= 0.3 is 0 Å². The lowest BCUT2D eigenvalue weighted by Crippen LogP contribution is -2.49. The highest BCUT2D eigenvalue weighted by Crippen LogP contribution is 2.22. The molecule has 7 nitrogen and oxygen atoms in total. The lowest BCUT2D eigenvalue weighted by atomic mass is 9.94. The van der Waals surface area contributed by atoms with Gasteiger partial charge in [-0.2, -0.15) is 5.10 Å². The smallest absolute Gasteiger partial charge is 0.240 e. The number of anilines is 1. The second kappa shape index (κ2) is 9.20. The second-order valence-corrected chi connectivity index (χ2v) is 8.08. The van der Waals surface area contributed by atoms with Gasteiger partial charge in [-0.05, 0) is 35.4 Å². The Labute approximate surface area is 182 Å². The Morgan fingerprint density at radius 2 is 1.74 bits per heavy atom. The molecule has 2 amide bonds. The van der Waals surface area contributed by atoms with Gasteiger partial charge in [0.05, 0.1) is 19.2 Å². The van der Waals surface area contributed by atoms with E-state index in [1.165, 1.54) is 0 Å². The molecule has 0 radical (unpaired) electrons. The molecule has 1 N–H and O–H groups in total. The number of nitrogens with zero attached hydrogens (tertiary/aromatic N) is 3. The van der Waals surface area contributed by atoms with Crippen molar-refractivity contribution in [1.29, 1.82) is 0 Å². The molecule has 0 spiro atoms. The molecule has 2 aromatic carbocycles. The van der Waals surface area contributed by atoms with E-state index in [-0.39, 0.29) is 17.7 Å². The highest BCUT2D eigenvalue weighted by atomic mass is 16.5. The van der Waals surface area contributed by atoms with Crippen LogP contribution < -0.4 is 15.1 Å². The van der Waals surface area contributed by atoms with E-state index >= 15 is 0 Å². The number of carbonyl (C=O) groups excluding carboxylic acids is 2. The summed E-state index contributed by atoms with van der Waals surface area (Å²) in [5.41, 5.74) is 6.66. The van der Waals surface area contributed by atoms with Crippen molar-refractivity contribution in [1.82, 2.24) is 10.3 Å². The Morgan fingerprint density at radius 3 is 2.35 bits per heavy atom. The number of hydrogen-bond acceptors (Lipinski definition) is 5. The Morgan fingerprint density at radius 1 is 1.06 bits per heavy atom. The van der Waals surface area contributed by atoms with E-state index in [1.807, 2.05) is 36.1 Å². The van der Waals surface area contributed by atoms with Crippen LogP contribution in [-0.4, -0.2) is 55.7 Å². The van der Waals surface area contributed by atoms with Gasteiger partial charge in [-0.1, -0.05) is 31.2 Å². The van der Waals surface area contributed by atoms with Gasteiger partial charge in [-0.3, -0.25) is 9.59 Å². The van der Waals surface area contributed by atoms with E-state index < -0.39 is 0 Å². The normalized spacial score (nSPS) is 19.0. The molecule has 1 fully saturated rings. The number of nitrogens with one attached hydrogen (secondary N) is 1. The van der Waals surface area contributed by atoms with Crippen LogP contribution in [0.2, 0.25) is 0 Å². The first-order chi connectivity index (χ1) is 15.0. The van der Waals surface area contributed by atoms with Crippen LogP contribution in [0.1, 0.15) is 24.5 Å². The van der Waals surface area contributed by atoms with Crippen LogP contribution in [0.25, 0.3) is 0 Å². The van der Waals surface area contributed by atoms with E-state index in [0.29, 0.717) is 25.9 Å². The van der Waals surface area contributed by atoms with Gasteiger partial charge in [0.2, 0.25) is 11.8 Å². The summed E-state index contributed by atoms with van der Waals surface area (Å²) < 4.78 is 5.17. The van der Waals surface area contributed by atoms with Gasteiger partial charge in [0.25, 0.3) is 0 Å². The van der Waals surface area contributed by atoms with Crippen molar-refractivity contribution >= 4 is 23.2 Å². The van der Waals surface area contributed by atoms with Crippen molar-refractivity contribution in [3.05, 3.63) is 59.7 Å². The van der Waals surface area contributed by atoms with E-state index in [0.717, 1.165) is 41.4 Å². The zero-order chi connectivity index (χ0) is 21.8. The van der Waals surface area contributed by atoms with Crippen molar-refractivity contribution in [2.45, 2.75) is 19.8 Å². The molecular formula is C24H28N4O3. The maximum atomic E-state index is 12.7. The highest BCUT2D eigenvalue weighted by Gasteiger charge is 2.23. The summed E-state index contributed by atoms with van der Waals surface area (Å²) in [6.07, 6.45) is 0.878. The maximum absolute atomic E-state index is 12.7. The number of hydrazone groups is 1. The van der Waals surface area contributed by atoms with Crippen molar-refractivity contribution in [2.75, 3.05) is 38.2 Å². The predicted molar refractivity (Wildman–Crippen MR) is 120 cm³/mol. The Kier molecular flexibility index (Phi) is 6.21. The van der Waals surface area contributed by atoms with Crippen LogP contribution in [-0.2, 0) is 16.0 Å². The standard InChI is InChI=1S/C24H28N4O3/c1-17-15-22(29)25-26-24(17)19-5-7-20(8-6-19)27-11-13-28(14-12-27)23(30)16-18-3-9-21(31-2)10-4-18/h3-10,17H,11-16H2,1-2H3,(H,25,29)/t17-/m1/s1. The molecule has 162 valence electrons. The minimum atomic E-state index is -0.0349. The number of amides is 2. The van der Waals surface area contributed by atoms with Crippen LogP contribution in [0.15, 0.2) is 53.6 Å². The fourth-order valence-electron chi connectivity index (χ4n) is 4.09. The van der Waals surface area contributed by atoms with Crippen LogP contribution in [0.5, 0.6) is 5.75 Å². The molecule has 7 heteroatoms. The van der Waals surface area contributed by atoms with Crippen LogP contribution in [0, 0.1) is 5.92 Å². The zero-order valence-electron chi connectivity index (χ0n) is 18.0. The fourth-order valence-corrected chi connectivity index (χ4v) is 4.09. The molecule has 1 atom stereocenters. The summed E-state index contributed by atoms with van der Waals surface area (Å²) >= 11 is 0. The number of rotatable bonds is 5. The summed E-state index contributed by atoms with van der Waals surface area (Å²) in [5, 5.41) is 4.23. The Balaban J connectivity index is 1.32. The quantitative estimate of drug-likeness (QED) is 0.806. The second-order valence-electron chi connectivity index (χ2n) is 8.08. The molecule has 0 saturated carbocycles. The summed E-state index contributed by atoms with van der Waals surface area (Å²) in [6, 6.07) is 16.0. The van der Waals surface area contributed by atoms with Gasteiger partial charge in [0.1, 0.15) is 5.75 Å². The summed E-state index contributed by atoms with van der Waals surface area (Å²) in [6.45, 7) is 5.06. The highest BCUT2D eigenvalue weighted by molar-refractivity contribution is 6.05. The van der Waals surface area contributed by atoms with Gasteiger partial charge in [0.15, 0.2) is 0 Å². The number of piperazine rings is 1. The largest absolute Gasteiger partial charge is 0.497 e. The minimum Gasteiger partial charge on any atom is -0.497 e. The minimum absolute atomic E-state index is 0.0349. The number of carbonyl (C=O) groups is 2. The van der Waals surface area contributed by atoms with Crippen LogP contribution in [0.4, 0.5) is 5.69 Å². The summed E-state index contributed by atoms with van der Waals surface area (Å²) in [5.74, 6) is 1.03. The lowest BCUT2D eigenvalue weighted by Gasteiger charge is -2.36. The molecule has 0 aliphatic carbocycles. The molecule has 2 heterocycles. The number of hydrogen-bond donors (Lipinski definition) is 1. The summed E-state index contributed by atoms with van der Waals surface area (Å²) in [7, 11) is 1.64. The molecule has 0 bridgehead atoms. The molecule has 2 aliphatic rings. The van der Waals surface area contributed by atoms with Crippen molar-refractivity contribution in [2.24, 2.45) is 11.0 Å². The third-order valence-electron chi connectivity index (χ3n) is 5.93. The number of ether oxygens (including phenoxy) is 1. The molecule has 2 aromatic rings. The average Bonchev–Trinajstić information content (AvgIpc) is 2.80. The topological polar surface area (TPSA) is 74.2 Å². The van der Waals surface area contributed by atoms with Crippen LogP contribution in [0.3, 0.4) is 0 Å². The van der Waals surface area contributed by atoms with E-state index in [4.69, 9.17) is 4.74 Å². The average molecular weight is 421 g/mol. The van der Waals surface area contributed by atoms with Crippen molar-refractivity contribution in [3.8, 4) is 5.75 Å². The molecule has 2 aliphatic heterocycles. The predicted octanol–water partition coefficient (Wildman–Crippen LogP) is 2.45. The Hall–Kier alpha value is -3.35. The molecular weight excluding hydrogens is 392 g/mol. The lowest BCUT2D eigenvalue weighted by molar-refractivity contribution is -0.130. The third-order valence-corrected chi connectivity index (χ3v) is 5.93. The summed E-state index contributed by atoms with van der Waals surface area (Å²) in [4.78, 5) is 28.4. The number of methoxy groups -OCH3 is 1. The first kappa shape index (κ1) is 20.9. The third kappa shape index (κ3) is 4.87.